The van der Waals surface area contributed by atoms with E-state index in [1.54, 1.807) is 27.7 Å². The zero-order chi connectivity index (χ0) is 28.9. The lowest BCUT2D eigenvalue weighted by molar-refractivity contribution is -0.144. The van der Waals surface area contributed by atoms with E-state index in [2.05, 4.69) is 30.2 Å². The van der Waals surface area contributed by atoms with E-state index in [1.165, 1.54) is 4.90 Å². The molecule has 3 amide bonds. The predicted octanol–water partition coefficient (Wildman–Crippen LogP) is 4.26. The van der Waals surface area contributed by atoms with Gasteiger partial charge in [-0.2, -0.15) is 12.6 Å². The molecule has 38 heavy (non-hydrogen) atoms. The molecule has 1 aromatic carbocycles. The fourth-order valence-electron chi connectivity index (χ4n) is 3.87. The number of unbranched alkanes of at least 4 members (excludes halogenated alkanes) is 2. The summed E-state index contributed by atoms with van der Waals surface area (Å²) in [6.07, 6.45) is 1.74. The molecule has 0 aliphatic rings. The third-order valence-electron chi connectivity index (χ3n) is 5.89. The van der Waals surface area contributed by atoms with Gasteiger partial charge in [-0.25, -0.2) is 4.79 Å². The minimum Gasteiger partial charge on any atom is -0.466 e. The highest BCUT2D eigenvalue weighted by molar-refractivity contribution is 7.80. The van der Waals surface area contributed by atoms with Gasteiger partial charge in [-0.15, -0.1) is 0 Å². The van der Waals surface area contributed by atoms with Crippen LogP contribution in [-0.4, -0.2) is 65.9 Å². The van der Waals surface area contributed by atoms with E-state index in [-0.39, 0.29) is 25.3 Å². The topological polar surface area (TPSA) is 114 Å². The molecule has 0 aliphatic carbocycles. The smallest absolute Gasteiger partial charge is 0.408 e. The molecule has 214 valence electrons. The number of rotatable bonds is 14. The van der Waals surface area contributed by atoms with Gasteiger partial charge in [-0.05, 0) is 64.7 Å². The molecular weight excluding hydrogens is 506 g/mol. The van der Waals surface area contributed by atoms with Gasteiger partial charge in [0.15, 0.2) is 0 Å². The zero-order valence-electron chi connectivity index (χ0n) is 23.9. The van der Waals surface area contributed by atoms with Gasteiger partial charge in [0.1, 0.15) is 17.7 Å². The molecule has 0 aromatic heterocycles. The Kier molecular flexibility index (Phi) is 14.2. The van der Waals surface area contributed by atoms with E-state index >= 15 is 0 Å². The zero-order valence-corrected chi connectivity index (χ0v) is 24.8. The van der Waals surface area contributed by atoms with Crippen LogP contribution in [0.15, 0.2) is 18.2 Å². The fourth-order valence-corrected chi connectivity index (χ4v) is 4.12. The number of hydrogen-bond donors (Lipinski definition) is 3. The van der Waals surface area contributed by atoms with Crippen LogP contribution in [0.4, 0.5) is 4.79 Å². The van der Waals surface area contributed by atoms with Crippen molar-refractivity contribution in [2.24, 2.45) is 0 Å². The third kappa shape index (κ3) is 10.9. The number of esters is 1. The molecule has 9 nitrogen and oxygen atoms in total. The molecular formula is C28H45N3O6S. The highest BCUT2D eigenvalue weighted by Crippen LogP contribution is 2.28. The van der Waals surface area contributed by atoms with Crippen molar-refractivity contribution >= 4 is 36.5 Å². The molecule has 0 spiro atoms. The molecule has 0 radical (unpaired) electrons. The van der Waals surface area contributed by atoms with E-state index in [9.17, 15) is 19.2 Å². The summed E-state index contributed by atoms with van der Waals surface area (Å²) in [4.78, 5) is 53.4. The summed E-state index contributed by atoms with van der Waals surface area (Å²) < 4.78 is 10.3. The number of carbonyl (C=O) groups is 4. The van der Waals surface area contributed by atoms with Crippen molar-refractivity contribution in [2.75, 3.05) is 25.4 Å². The van der Waals surface area contributed by atoms with Crippen molar-refractivity contribution in [3.05, 3.63) is 34.9 Å². The first kappa shape index (κ1) is 33.3. The van der Waals surface area contributed by atoms with Gasteiger partial charge in [0.05, 0.1) is 13.0 Å². The van der Waals surface area contributed by atoms with E-state index in [4.69, 9.17) is 9.47 Å². The van der Waals surface area contributed by atoms with Crippen molar-refractivity contribution < 1.29 is 28.7 Å². The van der Waals surface area contributed by atoms with Crippen LogP contribution >= 0.6 is 12.6 Å². The maximum atomic E-state index is 13.9. The van der Waals surface area contributed by atoms with E-state index in [0.29, 0.717) is 18.5 Å². The molecule has 10 heteroatoms. The number of nitrogens with one attached hydrogen (secondary N) is 2. The summed E-state index contributed by atoms with van der Waals surface area (Å²) >= 11 is 4.32. The lowest BCUT2D eigenvalue weighted by Crippen LogP contribution is -2.54. The number of carbonyl (C=O) groups excluding carboxylic acids is 4. The first-order valence-electron chi connectivity index (χ1n) is 13.3. The van der Waals surface area contributed by atoms with Crippen LogP contribution in [-0.2, 0) is 23.9 Å². The molecule has 0 saturated carbocycles. The number of aryl methyl sites for hydroxylation is 1. The Morgan fingerprint density at radius 3 is 2.34 bits per heavy atom. The average molecular weight is 552 g/mol. The summed E-state index contributed by atoms with van der Waals surface area (Å²) in [7, 11) is 0. The molecule has 1 rings (SSSR count). The van der Waals surface area contributed by atoms with Crippen LogP contribution in [0, 0.1) is 13.8 Å². The Morgan fingerprint density at radius 1 is 1.08 bits per heavy atom. The second kappa shape index (κ2) is 16.3. The summed E-state index contributed by atoms with van der Waals surface area (Å²) in [6, 6.07) is 3.65. The van der Waals surface area contributed by atoms with Crippen LogP contribution in [0.5, 0.6) is 0 Å². The number of amides is 3. The van der Waals surface area contributed by atoms with Crippen molar-refractivity contribution in [3.8, 4) is 0 Å². The second-order valence-corrected chi connectivity index (χ2v) is 10.5. The molecule has 0 saturated heterocycles. The Hall–Kier alpha value is -2.75. The molecule has 1 aromatic rings. The monoisotopic (exact) mass is 551 g/mol. The van der Waals surface area contributed by atoms with Gasteiger partial charge in [-0.3, -0.25) is 14.4 Å². The Balaban J connectivity index is 3.40. The van der Waals surface area contributed by atoms with E-state index in [0.717, 1.165) is 24.0 Å². The molecule has 0 fully saturated rings. The van der Waals surface area contributed by atoms with Crippen molar-refractivity contribution in [1.82, 2.24) is 15.5 Å². The summed E-state index contributed by atoms with van der Waals surface area (Å²) in [6.45, 7) is 13.5. The molecule has 0 aliphatic heterocycles. The predicted molar refractivity (Wildman–Crippen MR) is 151 cm³/mol. The van der Waals surface area contributed by atoms with Gasteiger partial charge in [0.2, 0.25) is 11.8 Å². The normalized spacial score (nSPS) is 12.7. The average Bonchev–Trinajstić information content (AvgIpc) is 2.83. The number of thiol groups is 1. The van der Waals surface area contributed by atoms with Gasteiger partial charge >= 0.3 is 12.1 Å². The van der Waals surface area contributed by atoms with E-state index in [1.807, 2.05) is 32.0 Å². The molecule has 2 unspecified atom stereocenters. The number of hydrogen-bond acceptors (Lipinski definition) is 7. The number of benzene rings is 1. The van der Waals surface area contributed by atoms with Crippen LogP contribution in [0.1, 0.15) is 83.0 Å². The van der Waals surface area contributed by atoms with Gasteiger partial charge < -0.3 is 25.0 Å². The largest absolute Gasteiger partial charge is 0.466 e. The Bertz CT molecular complexity index is 947. The maximum Gasteiger partial charge on any atom is 0.408 e. The molecule has 0 heterocycles. The van der Waals surface area contributed by atoms with Gasteiger partial charge in [0.25, 0.3) is 0 Å². The van der Waals surface area contributed by atoms with Crippen LogP contribution in [0.2, 0.25) is 0 Å². The lowest BCUT2D eigenvalue weighted by Gasteiger charge is -2.35. The number of alkyl carbamates (subject to hydrolysis) is 1. The van der Waals surface area contributed by atoms with E-state index < -0.39 is 41.6 Å². The molecule has 0 bridgehead atoms. The number of ether oxygens (including phenoxy) is 2. The standard InChI is InChI=1S/C28H45N3O6S/c1-8-10-11-17-31(26(34)22(18-38)30-27(35)37-28(5,6)7)24(21-14-12-13-19(3)20(21)4)25(33)29-16-15-23(32)36-9-2/h12-14,22,24,38H,8-11,15-18H2,1-7H3,(H,29,33)(H,30,35). The SMILES string of the molecule is CCCCCN(C(=O)C(CS)NC(=O)OC(C)(C)C)C(C(=O)NCCC(=O)OCC)c1cccc(C)c1C. The van der Waals surface area contributed by atoms with Crippen LogP contribution in [0.3, 0.4) is 0 Å². The summed E-state index contributed by atoms with van der Waals surface area (Å²) in [5.74, 6) is -1.24. The summed E-state index contributed by atoms with van der Waals surface area (Å²) in [5, 5.41) is 5.42. The highest BCUT2D eigenvalue weighted by Gasteiger charge is 2.36. The highest BCUT2D eigenvalue weighted by atomic mass is 32.1. The van der Waals surface area contributed by atoms with Crippen LogP contribution < -0.4 is 10.6 Å². The molecule has 2 atom stereocenters. The van der Waals surface area contributed by atoms with Crippen LogP contribution in [0.25, 0.3) is 0 Å². The molecule has 2 N–H and O–H groups in total. The first-order chi connectivity index (χ1) is 17.9. The van der Waals surface area contributed by atoms with Crippen molar-refractivity contribution in [2.45, 2.75) is 91.8 Å². The fraction of sp³-hybridized carbons (Fsp3) is 0.643. The van der Waals surface area contributed by atoms with Gasteiger partial charge in [-0.1, -0.05) is 38.0 Å². The maximum absolute atomic E-state index is 13.9. The first-order valence-corrected chi connectivity index (χ1v) is 13.9. The Morgan fingerprint density at radius 2 is 1.76 bits per heavy atom. The number of nitrogens with zero attached hydrogens (tertiary/aromatic N) is 1. The minimum absolute atomic E-state index is 0.0162. The quantitative estimate of drug-likeness (QED) is 0.181. The van der Waals surface area contributed by atoms with Crippen molar-refractivity contribution in [3.63, 3.8) is 0 Å². The second-order valence-electron chi connectivity index (χ2n) is 10.2. The van der Waals surface area contributed by atoms with Gasteiger partial charge in [0, 0.05) is 18.8 Å². The third-order valence-corrected chi connectivity index (χ3v) is 6.26. The minimum atomic E-state index is -1.00. The van der Waals surface area contributed by atoms with Crippen molar-refractivity contribution in [1.29, 1.82) is 0 Å². The Labute approximate surface area is 232 Å². The lowest BCUT2D eigenvalue weighted by atomic mass is 9.95. The summed E-state index contributed by atoms with van der Waals surface area (Å²) in [5.41, 5.74) is 1.80.